The molecule has 0 atom stereocenters. The largest absolute Gasteiger partial charge is 0.444 e. The van der Waals surface area contributed by atoms with E-state index in [0.29, 0.717) is 5.41 Å². The average molecular weight is 254 g/mol. The van der Waals surface area contributed by atoms with Crippen molar-refractivity contribution >= 4 is 6.09 Å². The van der Waals surface area contributed by atoms with Crippen LogP contribution in [0, 0.1) is 5.41 Å². The number of carbonyl (C=O) groups is 1. The summed E-state index contributed by atoms with van der Waals surface area (Å²) in [6, 6.07) is 0. The summed E-state index contributed by atoms with van der Waals surface area (Å²) >= 11 is 0. The lowest BCUT2D eigenvalue weighted by atomic mass is 9.59. The van der Waals surface area contributed by atoms with Crippen molar-refractivity contribution in [3.05, 3.63) is 0 Å². The van der Waals surface area contributed by atoms with Crippen LogP contribution in [0.3, 0.4) is 0 Å². The number of ether oxygens (including phenoxy) is 1. The Labute approximate surface area is 110 Å². The lowest BCUT2D eigenvalue weighted by Crippen LogP contribution is -2.72. The van der Waals surface area contributed by atoms with Gasteiger partial charge in [-0.25, -0.2) is 4.79 Å². The summed E-state index contributed by atoms with van der Waals surface area (Å²) in [5.74, 6) is 0. The van der Waals surface area contributed by atoms with E-state index in [1.165, 1.54) is 0 Å². The molecule has 0 aromatic carbocycles. The van der Waals surface area contributed by atoms with Gasteiger partial charge in [0.05, 0.1) is 0 Å². The van der Waals surface area contributed by atoms with Gasteiger partial charge in [0.1, 0.15) is 5.60 Å². The zero-order chi connectivity index (χ0) is 13.6. The molecule has 18 heavy (non-hydrogen) atoms. The highest BCUT2D eigenvalue weighted by Crippen LogP contribution is 2.47. The molecule has 2 rings (SSSR count). The number of hydrogen-bond donors (Lipinski definition) is 1. The van der Waals surface area contributed by atoms with Gasteiger partial charge < -0.3 is 15.0 Å². The molecule has 0 radical (unpaired) electrons. The first-order chi connectivity index (χ1) is 8.15. The summed E-state index contributed by atoms with van der Waals surface area (Å²) in [7, 11) is 0. The smallest absolute Gasteiger partial charge is 0.410 e. The third kappa shape index (κ3) is 2.35. The predicted molar refractivity (Wildman–Crippen MR) is 71.6 cm³/mol. The van der Waals surface area contributed by atoms with Crippen LogP contribution in [0.5, 0.6) is 0 Å². The predicted octanol–water partition coefficient (Wildman–Crippen LogP) is 2.39. The second kappa shape index (κ2) is 4.12. The summed E-state index contributed by atoms with van der Waals surface area (Å²) in [6.45, 7) is 13.0. The molecule has 1 amide bonds. The number of hydrogen-bond acceptors (Lipinski definition) is 3. The lowest BCUT2D eigenvalue weighted by molar-refractivity contribution is -0.0516. The molecule has 0 unspecified atom stereocenters. The van der Waals surface area contributed by atoms with E-state index in [0.717, 1.165) is 32.5 Å². The summed E-state index contributed by atoms with van der Waals surface area (Å²) in [6.07, 6.45) is 1.99. The highest BCUT2D eigenvalue weighted by molar-refractivity contribution is 5.68. The van der Waals surface area contributed by atoms with Crippen molar-refractivity contribution in [2.75, 3.05) is 19.6 Å². The summed E-state index contributed by atoms with van der Waals surface area (Å²) in [5, 5.41) is 3.49. The Hall–Kier alpha value is -0.770. The molecule has 2 heterocycles. The molecule has 0 aromatic rings. The van der Waals surface area contributed by atoms with Crippen LogP contribution in [0.1, 0.15) is 47.5 Å². The van der Waals surface area contributed by atoms with Crippen molar-refractivity contribution in [1.29, 1.82) is 0 Å². The molecule has 0 aromatic heterocycles. The number of piperidine rings is 1. The quantitative estimate of drug-likeness (QED) is 0.721. The minimum Gasteiger partial charge on any atom is -0.444 e. The maximum atomic E-state index is 12.0. The monoisotopic (exact) mass is 254 g/mol. The van der Waals surface area contributed by atoms with E-state index in [2.05, 4.69) is 19.2 Å². The van der Waals surface area contributed by atoms with E-state index >= 15 is 0 Å². The van der Waals surface area contributed by atoms with Crippen LogP contribution in [0.4, 0.5) is 4.79 Å². The lowest BCUT2D eigenvalue weighted by Gasteiger charge is -2.60. The number of amides is 1. The fourth-order valence-corrected chi connectivity index (χ4v) is 2.94. The number of likely N-dealkylation sites (tertiary alicyclic amines) is 1. The van der Waals surface area contributed by atoms with Crippen molar-refractivity contribution < 1.29 is 9.53 Å². The first kappa shape index (κ1) is 13.7. The van der Waals surface area contributed by atoms with Crippen molar-refractivity contribution in [2.45, 2.75) is 58.6 Å². The third-order valence-corrected chi connectivity index (χ3v) is 4.57. The van der Waals surface area contributed by atoms with Crippen LogP contribution >= 0.6 is 0 Å². The van der Waals surface area contributed by atoms with Gasteiger partial charge in [-0.1, -0.05) is 0 Å². The standard InChI is InChI=1S/C14H26N2O2/c1-12(2,3)18-11(17)16-8-6-14(7-9-16)10-15-13(14,4)5/h15H,6-10H2,1-5H3. The number of nitrogens with one attached hydrogen (secondary N) is 1. The zero-order valence-corrected chi connectivity index (χ0v) is 12.3. The molecular weight excluding hydrogens is 228 g/mol. The first-order valence-electron chi connectivity index (χ1n) is 6.88. The van der Waals surface area contributed by atoms with Crippen LogP contribution in [-0.4, -0.2) is 41.8 Å². The van der Waals surface area contributed by atoms with Crippen LogP contribution in [-0.2, 0) is 4.74 Å². The fourth-order valence-electron chi connectivity index (χ4n) is 2.94. The second-order valence-electron chi connectivity index (χ2n) is 7.23. The van der Waals surface area contributed by atoms with Gasteiger partial charge in [0, 0.05) is 30.6 Å². The molecule has 0 saturated carbocycles. The number of nitrogens with zero attached hydrogens (tertiary/aromatic N) is 1. The molecule has 104 valence electrons. The van der Waals surface area contributed by atoms with Crippen LogP contribution in [0.2, 0.25) is 0 Å². The van der Waals surface area contributed by atoms with E-state index in [9.17, 15) is 4.79 Å². The Morgan fingerprint density at radius 3 is 2.11 bits per heavy atom. The highest BCUT2D eigenvalue weighted by Gasteiger charge is 2.54. The van der Waals surface area contributed by atoms with Gasteiger partial charge >= 0.3 is 6.09 Å². The van der Waals surface area contributed by atoms with Crippen LogP contribution in [0.25, 0.3) is 0 Å². The first-order valence-corrected chi connectivity index (χ1v) is 6.88. The number of rotatable bonds is 0. The van der Waals surface area contributed by atoms with Crippen molar-refractivity contribution in [3.63, 3.8) is 0 Å². The van der Waals surface area contributed by atoms with Gasteiger partial charge in [0.25, 0.3) is 0 Å². The van der Waals surface area contributed by atoms with Gasteiger partial charge in [0.15, 0.2) is 0 Å². The molecule has 1 spiro atoms. The van der Waals surface area contributed by atoms with Gasteiger partial charge in [-0.3, -0.25) is 0 Å². The maximum absolute atomic E-state index is 12.0. The average Bonchev–Trinajstić information content (AvgIpc) is 2.25. The molecule has 2 aliphatic rings. The normalized spacial score (nSPS) is 25.7. The zero-order valence-electron chi connectivity index (χ0n) is 12.3. The maximum Gasteiger partial charge on any atom is 0.410 e. The Bertz CT molecular complexity index is 336. The van der Waals surface area contributed by atoms with Crippen molar-refractivity contribution in [1.82, 2.24) is 10.2 Å². The van der Waals surface area contributed by atoms with E-state index in [1.807, 2.05) is 25.7 Å². The van der Waals surface area contributed by atoms with Gasteiger partial charge in [-0.05, 0) is 47.5 Å². The Kier molecular flexibility index (Phi) is 3.13. The molecular formula is C14H26N2O2. The minimum absolute atomic E-state index is 0.164. The van der Waals surface area contributed by atoms with Gasteiger partial charge in [-0.2, -0.15) is 0 Å². The number of carbonyl (C=O) groups excluding carboxylic acids is 1. The molecule has 2 fully saturated rings. The Morgan fingerprint density at radius 1 is 1.22 bits per heavy atom. The second-order valence-corrected chi connectivity index (χ2v) is 7.23. The van der Waals surface area contributed by atoms with Crippen molar-refractivity contribution in [2.24, 2.45) is 5.41 Å². The van der Waals surface area contributed by atoms with Crippen LogP contribution in [0.15, 0.2) is 0 Å². The summed E-state index contributed by atoms with van der Waals surface area (Å²) in [4.78, 5) is 13.8. The third-order valence-electron chi connectivity index (χ3n) is 4.57. The van der Waals surface area contributed by atoms with Crippen LogP contribution < -0.4 is 5.32 Å². The minimum atomic E-state index is -0.399. The fraction of sp³-hybridized carbons (Fsp3) is 0.929. The SMILES string of the molecule is CC(C)(C)OC(=O)N1CCC2(CC1)CNC2(C)C. The summed E-state index contributed by atoms with van der Waals surface area (Å²) in [5.41, 5.74) is 0.196. The molecule has 4 heteroatoms. The highest BCUT2D eigenvalue weighted by atomic mass is 16.6. The molecule has 2 aliphatic heterocycles. The topological polar surface area (TPSA) is 41.6 Å². The molecule has 2 saturated heterocycles. The summed E-state index contributed by atoms with van der Waals surface area (Å²) < 4.78 is 5.42. The molecule has 0 bridgehead atoms. The molecule has 1 N–H and O–H groups in total. The molecule has 4 nitrogen and oxygen atoms in total. The van der Waals surface area contributed by atoms with E-state index in [4.69, 9.17) is 4.74 Å². The molecule has 0 aliphatic carbocycles. The van der Waals surface area contributed by atoms with Crippen molar-refractivity contribution in [3.8, 4) is 0 Å². The van der Waals surface area contributed by atoms with E-state index in [1.54, 1.807) is 0 Å². The Balaban J connectivity index is 1.89. The van der Waals surface area contributed by atoms with Gasteiger partial charge in [-0.15, -0.1) is 0 Å². The van der Waals surface area contributed by atoms with E-state index < -0.39 is 5.60 Å². The van der Waals surface area contributed by atoms with E-state index in [-0.39, 0.29) is 11.6 Å². The van der Waals surface area contributed by atoms with Gasteiger partial charge in [0.2, 0.25) is 0 Å². The Morgan fingerprint density at radius 2 is 1.78 bits per heavy atom.